The summed E-state index contributed by atoms with van der Waals surface area (Å²) in [6.45, 7) is 3.80. The monoisotopic (exact) mass is 262 g/mol. The summed E-state index contributed by atoms with van der Waals surface area (Å²) in [5.74, 6) is 1.31. The molecule has 1 heterocycles. The fourth-order valence-electron chi connectivity index (χ4n) is 1.58. The fourth-order valence-corrected chi connectivity index (χ4v) is 1.81. The minimum atomic E-state index is -0.0447. The number of benzene rings is 1. The Bertz CT molecular complexity index is 555. The molecule has 0 amide bonds. The van der Waals surface area contributed by atoms with Crippen LogP contribution >= 0.6 is 11.6 Å². The van der Waals surface area contributed by atoms with E-state index in [4.69, 9.17) is 22.1 Å². The van der Waals surface area contributed by atoms with Gasteiger partial charge in [0, 0.05) is 12.2 Å². The molecule has 0 radical (unpaired) electrons. The van der Waals surface area contributed by atoms with Gasteiger partial charge in [-0.15, -0.1) is 0 Å². The first-order valence-electron chi connectivity index (χ1n) is 5.72. The third-order valence-electron chi connectivity index (χ3n) is 2.66. The third-order valence-corrected chi connectivity index (χ3v) is 2.96. The van der Waals surface area contributed by atoms with Crippen LogP contribution in [0.25, 0.3) is 0 Å². The summed E-state index contributed by atoms with van der Waals surface area (Å²) in [6.07, 6.45) is 1.73. The van der Waals surface area contributed by atoms with Crippen molar-refractivity contribution in [1.29, 1.82) is 0 Å². The van der Waals surface area contributed by atoms with Crippen molar-refractivity contribution in [3.63, 3.8) is 0 Å². The molecule has 2 rings (SSSR count). The highest BCUT2D eigenvalue weighted by molar-refractivity contribution is 6.32. The highest BCUT2D eigenvalue weighted by atomic mass is 35.5. The summed E-state index contributed by atoms with van der Waals surface area (Å²) in [6, 6.07) is 9.21. The van der Waals surface area contributed by atoms with Gasteiger partial charge in [-0.05, 0) is 43.7 Å². The zero-order valence-electron chi connectivity index (χ0n) is 10.4. The van der Waals surface area contributed by atoms with Gasteiger partial charge in [0.1, 0.15) is 11.5 Å². The number of aryl methyl sites for hydroxylation is 1. The third kappa shape index (κ3) is 2.81. The van der Waals surface area contributed by atoms with Crippen LogP contribution in [-0.2, 0) is 0 Å². The first-order chi connectivity index (χ1) is 8.58. The number of pyridine rings is 1. The molecular weight excluding hydrogens is 248 g/mol. The van der Waals surface area contributed by atoms with Gasteiger partial charge >= 0.3 is 0 Å². The quantitative estimate of drug-likeness (QED) is 0.914. The molecule has 1 atom stereocenters. The first kappa shape index (κ1) is 12.9. The zero-order chi connectivity index (χ0) is 13.1. The summed E-state index contributed by atoms with van der Waals surface area (Å²) in [4.78, 5) is 4.16. The Morgan fingerprint density at radius 2 is 2.06 bits per heavy atom. The van der Waals surface area contributed by atoms with Crippen LogP contribution in [0.4, 0.5) is 0 Å². The van der Waals surface area contributed by atoms with E-state index in [1.165, 1.54) is 0 Å². The molecule has 0 unspecified atom stereocenters. The summed E-state index contributed by atoms with van der Waals surface area (Å²) in [5, 5.41) is 0.549. The normalized spacial score (nSPS) is 12.2. The molecule has 18 heavy (non-hydrogen) atoms. The van der Waals surface area contributed by atoms with Gasteiger partial charge in [-0.3, -0.25) is 4.98 Å². The van der Waals surface area contributed by atoms with Crippen molar-refractivity contribution in [2.45, 2.75) is 19.9 Å². The highest BCUT2D eigenvalue weighted by Crippen LogP contribution is 2.32. The first-order valence-corrected chi connectivity index (χ1v) is 6.10. The molecule has 0 aliphatic heterocycles. The van der Waals surface area contributed by atoms with E-state index in [1.54, 1.807) is 6.20 Å². The van der Waals surface area contributed by atoms with Crippen molar-refractivity contribution >= 4 is 11.6 Å². The Kier molecular flexibility index (Phi) is 3.84. The van der Waals surface area contributed by atoms with Crippen LogP contribution in [0, 0.1) is 6.92 Å². The second-order valence-corrected chi connectivity index (χ2v) is 4.57. The van der Waals surface area contributed by atoms with Gasteiger partial charge in [-0.25, -0.2) is 0 Å². The predicted octanol–water partition coefficient (Wildman–Crippen LogP) is 3.86. The van der Waals surface area contributed by atoms with E-state index in [1.807, 2.05) is 44.2 Å². The molecule has 3 nitrogen and oxygen atoms in total. The zero-order valence-corrected chi connectivity index (χ0v) is 11.1. The predicted molar refractivity (Wildman–Crippen MR) is 73.1 cm³/mol. The van der Waals surface area contributed by atoms with E-state index in [2.05, 4.69) is 4.98 Å². The summed E-state index contributed by atoms with van der Waals surface area (Å²) >= 11 is 6.17. The van der Waals surface area contributed by atoms with Crippen LogP contribution in [0.15, 0.2) is 36.5 Å². The smallest absolute Gasteiger partial charge is 0.148 e. The summed E-state index contributed by atoms with van der Waals surface area (Å²) in [5.41, 5.74) is 7.61. The van der Waals surface area contributed by atoms with Gasteiger partial charge in [0.25, 0.3) is 0 Å². The van der Waals surface area contributed by atoms with E-state index in [-0.39, 0.29) is 6.04 Å². The van der Waals surface area contributed by atoms with Gasteiger partial charge in [-0.1, -0.05) is 17.7 Å². The molecule has 0 spiro atoms. The minimum Gasteiger partial charge on any atom is -0.454 e. The van der Waals surface area contributed by atoms with Crippen molar-refractivity contribution in [3.05, 3.63) is 52.8 Å². The number of nitrogens with zero attached hydrogens (tertiary/aromatic N) is 1. The van der Waals surface area contributed by atoms with Crippen molar-refractivity contribution in [1.82, 2.24) is 4.98 Å². The van der Waals surface area contributed by atoms with Crippen LogP contribution in [0.2, 0.25) is 5.02 Å². The molecule has 2 N–H and O–H groups in total. The molecule has 0 saturated heterocycles. The van der Waals surface area contributed by atoms with Crippen molar-refractivity contribution in [2.24, 2.45) is 5.73 Å². The standard InChI is InChI=1S/C14H15ClN2O/c1-9(16)11-5-6-14(12(15)8-11)18-13-4-3-7-17-10(13)2/h3-9H,16H2,1-2H3/t9-/m0/s1. The molecule has 94 valence electrons. The molecule has 1 aromatic heterocycles. The Morgan fingerprint density at radius 3 is 2.67 bits per heavy atom. The largest absolute Gasteiger partial charge is 0.454 e. The average Bonchev–Trinajstić information content (AvgIpc) is 2.34. The molecule has 0 aliphatic carbocycles. The molecule has 0 bridgehead atoms. The lowest BCUT2D eigenvalue weighted by molar-refractivity contribution is 0.475. The van der Waals surface area contributed by atoms with E-state index < -0.39 is 0 Å². The Hall–Kier alpha value is -1.58. The maximum Gasteiger partial charge on any atom is 0.148 e. The molecule has 0 fully saturated rings. The van der Waals surface area contributed by atoms with E-state index >= 15 is 0 Å². The number of hydrogen-bond acceptors (Lipinski definition) is 3. The molecule has 4 heteroatoms. The van der Waals surface area contributed by atoms with E-state index in [0.29, 0.717) is 16.5 Å². The Labute approximate surface area is 112 Å². The van der Waals surface area contributed by atoms with Crippen LogP contribution in [0.5, 0.6) is 11.5 Å². The molecule has 2 aromatic rings. The highest BCUT2D eigenvalue weighted by Gasteiger charge is 2.08. The number of nitrogens with two attached hydrogens (primary N) is 1. The number of aromatic nitrogens is 1. The van der Waals surface area contributed by atoms with Gasteiger partial charge in [0.15, 0.2) is 0 Å². The van der Waals surface area contributed by atoms with Crippen LogP contribution in [-0.4, -0.2) is 4.98 Å². The lowest BCUT2D eigenvalue weighted by Crippen LogP contribution is -2.04. The van der Waals surface area contributed by atoms with Crippen molar-refractivity contribution < 1.29 is 4.74 Å². The molecule has 0 aliphatic rings. The number of rotatable bonds is 3. The van der Waals surface area contributed by atoms with Gasteiger partial charge < -0.3 is 10.5 Å². The van der Waals surface area contributed by atoms with Crippen LogP contribution in [0.1, 0.15) is 24.2 Å². The SMILES string of the molecule is Cc1ncccc1Oc1ccc([C@H](C)N)cc1Cl. The van der Waals surface area contributed by atoms with Crippen molar-refractivity contribution in [2.75, 3.05) is 0 Å². The Morgan fingerprint density at radius 1 is 1.28 bits per heavy atom. The number of hydrogen-bond donors (Lipinski definition) is 1. The van der Waals surface area contributed by atoms with Crippen molar-refractivity contribution in [3.8, 4) is 11.5 Å². The second-order valence-electron chi connectivity index (χ2n) is 4.17. The summed E-state index contributed by atoms with van der Waals surface area (Å²) < 4.78 is 5.74. The van der Waals surface area contributed by atoms with Gasteiger partial charge in [0.2, 0.25) is 0 Å². The minimum absolute atomic E-state index is 0.0447. The maximum absolute atomic E-state index is 6.17. The van der Waals surface area contributed by atoms with Gasteiger partial charge in [-0.2, -0.15) is 0 Å². The Balaban J connectivity index is 2.28. The molecular formula is C14H15ClN2O. The second kappa shape index (κ2) is 5.38. The molecule has 0 saturated carbocycles. The van der Waals surface area contributed by atoms with E-state index in [0.717, 1.165) is 11.3 Å². The topological polar surface area (TPSA) is 48.1 Å². The average molecular weight is 263 g/mol. The number of ether oxygens (including phenoxy) is 1. The summed E-state index contributed by atoms with van der Waals surface area (Å²) in [7, 11) is 0. The lowest BCUT2D eigenvalue weighted by Gasteiger charge is -2.11. The van der Waals surface area contributed by atoms with E-state index in [9.17, 15) is 0 Å². The number of halogens is 1. The molecule has 1 aromatic carbocycles. The lowest BCUT2D eigenvalue weighted by atomic mass is 10.1. The van der Waals surface area contributed by atoms with Crippen LogP contribution < -0.4 is 10.5 Å². The van der Waals surface area contributed by atoms with Gasteiger partial charge in [0.05, 0.1) is 10.7 Å². The fraction of sp³-hybridized carbons (Fsp3) is 0.214. The van der Waals surface area contributed by atoms with Crippen LogP contribution in [0.3, 0.4) is 0 Å². The maximum atomic E-state index is 6.17.